The van der Waals surface area contributed by atoms with Crippen molar-refractivity contribution in [1.29, 1.82) is 0 Å². The average Bonchev–Trinajstić information content (AvgIpc) is 2.44. The minimum atomic E-state index is -0.428. The van der Waals surface area contributed by atoms with E-state index in [0.717, 1.165) is 4.57 Å². The van der Waals surface area contributed by atoms with Gasteiger partial charge in [0.25, 0.3) is 5.56 Å². The highest BCUT2D eigenvalue weighted by Crippen LogP contribution is 2.23. The number of rotatable bonds is 3. The van der Waals surface area contributed by atoms with E-state index in [0.29, 0.717) is 17.2 Å². The Kier molecular flexibility index (Phi) is 3.41. The van der Waals surface area contributed by atoms with Crippen LogP contribution in [0, 0.1) is 0 Å². The molecule has 0 aliphatic heterocycles. The van der Waals surface area contributed by atoms with Crippen molar-refractivity contribution >= 4 is 0 Å². The lowest BCUT2D eigenvalue weighted by Gasteiger charge is -2.11. The Labute approximate surface area is 109 Å². The zero-order valence-electron chi connectivity index (χ0n) is 10.9. The highest BCUT2D eigenvalue weighted by atomic mass is 16.5. The van der Waals surface area contributed by atoms with E-state index < -0.39 is 5.69 Å². The van der Waals surface area contributed by atoms with Crippen LogP contribution in [-0.4, -0.2) is 23.4 Å². The third-order valence-electron chi connectivity index (χ3n) is 2.80. The van der Waals surface area contributed by atoms with Gasteiger partial charge in [0.05, 0.1) is 19.9 Å². The molecule has 6 nitrogen and oxygen atoms in total. The highest BCUT2D eigenvalue weighted by molar-refractivity contribution is 5.46. The summed E-state index contributed by atoms with van der Waals surface area (Å²) in [6.07, 6.45) is 1.43. The van der Waals surface area contributed by atoms with Gasteiger partial charge in [0, 0.05) is 37.5 Å². The fourth-order valence-electron chi connectivity index (χ4n) is 1.70. The van der Waals surface area contributed by atoms with Crippen LogP contribution in [0.2, 0.25) is 0 Å². The molecule has 0 N–H and O–H groups in total. The van der Waals surface area contributed by atoms with Crippen molar-refractivity contribution in [3.8, 4) is 17.2 Å². The number of methoxy groups -OCH3 is 2. The number of hydrogen-bond acceptors (Lipinski definition) is 4. The van der Waals surface area contributed by atoms with Gasteiger partial charge in [-0.25, -0.2) is 4.79 Å². The van der Waals surface area contributed by atoms with Crippen LogP contribution in [0.1, 0.15) is 0 Å². The Balaban J connectivity index is 2.68. The first-order valence-electron chi connectivity index (χ1n) is 5.59. The molecule has 0 unspecified atom stereocenters. The van der Waals surface area contributed by atoms with Gasteiger partial charge >= 0.3 is 5.69 Å². The summed E-state index contributed by atoms with van der Waals surface area (Å²) in [6, 6.07) is 6.41. The minimum Gasteiger partial charge on any atom is -0.497 e. The molecular weight excluding hydrogens is 248 g/mol. The number of hydrogen-bond donors (Lipinski definition) is 0. The van der Waals surface area contributed by atoms with Gasteiger partial charge in [0.1, 0.15) is 11.5 Å². The van der Waals surface area contributed by atoms with E-state index in [1.165, 1.54) is 38.1 Å². The predicted octanol–water partition coefficient (Wildman–Crippen LogP) is 0.553. The van der Waals surface area contributed by atoms with Crippen LogP contribution in [0.4, 0.5) is 0 Å². The van der Waals surface area contributed by atoms with Gasteiger partial charge in [0.15, 0.2) is 0 Å². The molecule has 0 saturated carbocycles. The highest BCUT2D eigenvalue weighted by Gasteiger charge is 2.07. The van der Waals surface area contributed by atoms with Gasteiger partial charge in [-0.15, -0.1) is 0 Å². The molecule has 1 aromatic carbocycles. The molecule has 0 aliphatic carbocycles. The van der Waals surface area contributed by atoms with Crippen LogP contribution >= 0.6 is 0 Å². The Hall–Kier alpha value is -2.50. The lowest BCUT2D eigenvalue weighted by molar-refractivity contribution is 0.394. The summed E-state index contributed by atoms with van der Waals surface area (Å²) in [7, 11) is 4.49. The van der Waals surface area contributed by atoms with Crippen LogP contribution in [0.5, 0.6) is 11.5 Å². The molecule has 100 valence electrons. The van der Waals surface area contributed by atoms with Crippen LogP contribution in [0.3, 0.4) is 0 Å². The van der Waals surface area contributed by atoms with Gasteiger partial charge in [-0.2, -0.15) is 0 Å². The summed E-state index contributed by atoms with van der Waals surface area (Å²) in [5, 5.41) is 0. The third kappa shape index (κ3) is 2.37. The first-order valence-corrected chi connectivity index (χ1v) is 5.59. The second-order valence-electron chi connectivity index (χ2n) is 3.94. The maximum atomic E-state index is 12.0. The van der Waals surface area contributed by atoms with E-state index in [9.17, 15) is 9.59 Å². The zero-order chi connectivity index (χ0) is 14.0. The van der Waals surface area contributed by atoms with Crippen LogP contribution in [0.15, 0.2) is 40.1 Å². The second kappa shape index (κ2) is 5.01. The van der Waals surface area contributed by atoms with E-state index in [1.54, 1.807) is 18.2 Å². The number of benzene rings is 1. The molecule has 0 radical (unpaired) electrons. The van der Waals surface area contributed by atoms with E-state index in [2.05, 4.69) is 0 Å². The van der Waals surface area contributed by atoms with Gasteiger partial charge < -0.3 is 9.47 Å². The van der Waals surface area contributed by atoms with Gasteiger partial charge in [-0.1, -0.05) is 0 Å². The van der Waals surface area contributed by atoms with Crippen molar-refractivity contribution in [3.05, 3.63) is 51.3 Å². The first kappa shape index (κ1) is 12.9. The molecule has 6 heteroatoms. The number of nitrogens with zero attached hydrogens (tertiary/aromatic N) is 2. The molecule has 2 rings (SSSR count). The quantitative estimate of drug-likeness (QED) is 0.810. The topological polar surface area (TPSA) is 62.5 Å². The standard InChI is InChI=1S/C13H14N2O4/c1-14-12(16)4-5-15(13(14)17)9-6-10(18-2)8-11(7-9)19-3/h4-8H,1-3H3. The monoisotopic (exact) mass is 262 g/mol. The zero-order valence-corrected chi connectivity index (χ0v) is 10.9. The Morgan fingerprint density at radius 1 is 1.00 bits per heavy atom. The van der Waals surface area contributed by atoms with E-state index in [4.69, 9.17) is 9.47 Å². The predicted molar refractivity (Wildman–Crippen MR) is 70.4 cm³/mol. The SMILES string of the molecule is COc1cc(OC)cc(-n2ccc(=O)n(C)c2=O)c1. The van der Waals surface area contributed by atoms with Crippen molar-refractivity contribution in [2.75, 3.05) is 14.2 Å². The molecule has 0 bridgehead atoms. The molecule has 2 aromatic rings. The molecular formula is C13H14N2O4. The number of ether oxygens (including phenoxy) is 2. The summed E-state index contributed by atoms with van der Waals surface area (Å²) in [6.45, 7) is 0. The maximum Gasteiger partial charge on any atom is 0.335 e. The smallest absolute Gasteiger partial charge is 0.335 e. The molecule has 0 saturated heterocycles. The summed E-state index contributed by atoms with van der Waals surface area (Å²) in [4.78, 5) is 23.4. The van der Waals surface area contributed by atoms with Crippen molar-refractivity contribution < 1.29 is 9.47 Å². The Morgan fingerprint density at radius 3 is 2.11 bits per heavy atom. The van der Waals surface area contributed by atoms with E-state index in [1.807, 2.05) is 0 Å². The van der Waals surface area contributed by atoms with Gasteiger partial charge in [-0.05, 0) is 0 Å². The average molecular weight is 262 g/mol. The van der Waals surface area contributed by atoms with Crippen LogP contribution < -0.4 is 20.7 Å². The van der Waals surface area contributed by atoms with Gasteiger partial charge in [0.2, 0.25) is 0 Å². The van der Waals surface area contributed by atoms with E-state index >= 15 is 0 Å². The molecule has 0 spiro atoms. The fraction of sp³-hybridized carbons (Fsp3) is 0.231. The molecule has 0 amide bonds. The first-order chi connectivity index (χ1) is 9.06. The minimum absolute atomic E-state index is 0.351. The summed E-state index contributed by atoms with van der Waals surface area (Å²) >= 11 is 0. The lowest BCUT2D eigenvalue weighted by atomic mass is 10.2. The van der Waals surface area contributed by atoms with Crippen molar-refractivity contribution in [2.24, 2.45) is 7.05 Å². The lowest BCUT2D eigenvalue weighted by Crippen LogP contribution is -2.36. The van der Waals surface area contributed by atoms with Gasteiger partial charge in [-0.3, -0.25) is 13.9 Å². The van der Waals surface area contributed by atoms with Crippen LogP contribution in [0.25, 0.3) is 5.69 Å². The maximum absolute atomic E-state index is 12.0. The van der Waals surface area contributed by atoms with Crippen LogP contribution in [-0.2, 0) is 7.05 Å². The second-order valence-corrected chi connectivity index (χ2v) is 3.94. The largest absolute Gasteiger partial charge is 0.497 e. The summed E-state index contributed by atoms with van der Waals surface area (Å²) in [5.74, 6) is 1.13. The number of aromatic nitrogens is 2. The van der Waals surface area contributed by atoms with Crippen molar-refractivity contribution in [3.63, 3.8) is 0 Å². The normalized spacial score (nSPS) is 10.3. The Morgan fingerprint density at radius 2 is 1.58 bits per heavy atom. The molecule has 1 heterocycles. The van der Waals surface area contributed by atoms with E-state index in [-0.39, 0.29) is 5.56 Å². The molecule has 19 heavy (non-hydrogen) atoms. The Bertz CT molecular complexity index is 693. The molecule has 1 aromatic heterocycles. The molecule has 0 atom stereocenters. The third-order valence-corrected chi connectivity index (χ3v) is 2.80. The van der Waals surface area contributed by atoms with Crippen molar-refractivity contribution in [2.45, 2.75) is 0 Å². The van der Waals surface area contributed by atoms with Crippen molar-refractivity contribution in [1.82, 2.24) is 9.13 Å². The summed E-state index contributed by atoms with van der Waals surface area (Å²) in [5.41, 5.74) is -0.212. The fourth-order valence-corrected chi connectivity index (χ4v) is 1.70. The summed E-state index contributed by atoms with van der Waals surface area (Å²) < 4.78 is 12.7. The molecule has 0 aliphatic rings. The molecule has 0 fully saturated rings.